The molecule has 2 aliphatic rings. The summed E-state index contributed by atoms with van der Waals surface area (Å²) in [7, 11) is -2.32. The van der Waals surface area contributed by atoms with Crippen LogP contribution in [0.5, 0.6) is 0 Å². The minimum absolute atomic E-state index is 0.0473. The van der Waals surface area contributed by atoms with E-state index in [4.69, 9.17) is 5.73 Å². The Morgan fingerprint density at radius 1 is 1.21 bits per heavy atom. The fraction of sp³-hybridized carbons (Fsp3) is 0.467. The summed E-state index contributed by atoms with van der Waals surface area (Å²) in [5.74, 6) is -1.65. The monoisotopic (exact) mass is 412 g/mol. The van der Waals surface area contributed by atoms with E-state index in [2.05, 4.69) is 10.6 Å². The lowest BCUT2D eigenvalue weighted by Crippen LogP contribution is -2.51. The summed E-state index contributed by atoms with van der Waals surface area (Å²) >= 11 is 0. The molecule has 152 valence electrons. The first-order valence-corrected chi connectivity index (χ1v) is 9.89. The number of carbonyl (C=O) groups excluding carboxylic acids is 4. The maximum Gasteiger partial charge on any atom is 0.322 e. The second-order valence-corrected chi connectivity index (χ2v) is 8.48. The zero-order valence-corrected chi connectivity index (χ0v) is 15.9. The third-order valence-corrected chi connectivity index (χ3v) is 6.56. The van der Waals surface area contributed by atoms with Gasteiger partial charge in [-0.1, -0.05) is 0 Å². The number of nitrogens with zero attached hydrogens (tertiary/aromatic N) is 3. The first-order valence-electron chi connectivity index (χ1n) is 8.45. The van der Waals surface area contributed by atoms with Crippen molar-refractivity contribution >= 4 is 33.8 Å². The topological polar surface area (TPSA) is 164 Å². The molecule has 13 heteroatoms. The number of aryl methyl sites for hydroxylation is 1. The predicted octanol–water partition coefficient (Wildman–Crippen LogP) is -2.44. The number of aromatic nitrogens is 1. The van der Waals surface area contributed by atoms with Crippen LogP contribution in [-0.2, 0) is 26.7 Å². The van der Waals surface area contributed by atoms with Crippen molar-refractivity contribution in [2.45, 2.75) is 17.4 Å². The van der Waals surface area contributed by atoms with E-state index in [1.165, 1.54) is 33.1 Å². The molecule has 2 aliphatic heterocycles. The SMILES string of the molecule is Cn1cc(S(=O)(=O)N2CCN(C(=O)C[C@@H]3NC(=O)NC3=O)CC2)cc1C(N)=O. The number of rotatable bonds is 5. The summed E-state index contributed by atoms with van der Waals surface area (Å²) in [5, 5.41) is 4.40. The zero-order chi connectivity index (χ0) is 20.6. The van der Waals surface area contributed by atoms with Gasteiger partial charge < -0.3 is 20.5 Å². The summed E-state index contributed by atoms with van der Waals surface area (Å²) in [4.78, 5) is 47.7. The molecule has 3 heterocycles. The van der Waals surface area contributed by atoms with Crippen LogP contribution in [0.1, 0.15) is 16.9 Å². The molecule has 5 amide bonds. The van der Waals surface area contributed by atoms with E-state index >= 15 is 0 Å². The van der Waals surface area contributed by atoms with E-state index < -0.39 is 33.9 Å². The molecule has 0 bridgehead atoms. The van der Waals surface area contributed by atoms with Crippen molar-refractivity contribution in [3.63, 3.8) is 0 Å². The Morgan fingerprint density at radius 3 is 2.36 bits per heavy atom. The van der Waals surface area contributed by atoms with Crippen LogP contribution in [0.15, 0.2) is 17.2 Å². The number of amides is 5. The van der Waals surface area contributed by atoms with E-state index in [-0.39, 0.29) is 49.1 Å². The van der Waals surface area contributed by atoms with Gasteiger partial charge in [-0.2, -0.15) is 4.31 Å². The summed E-state index contributed by atoms with van der Waals surface area (Å²) in [6, 6.07) is -0.341. The second kappa shape index (κ2) is 7.24. The molecule has 0 aromatic carbocycles. The van der Waals surface area contributed by atoms with Gasteiger partial charge in [-0.15, -0.1) is 0 Å². The number of sulfonamides is 1. The smallest absolute Gasteiger partial charge is 0.322 e. The van der Waals surface area contributed by atoms with Crippen LogP contribution in [0.25, 0.3) is 0 Å². The van der Waals surface area contributed by atoms with Gasteiger partial charge in [0.05, 0.1) is 6.42 Å². The van der Waals surface area contributed by atoms with Gasteiger partial charge in [-0.05, 0) is 6.07 Å². The third-order valence-electron chi connectivity index (χ3n) is 4.70. The molecule has 4 N–H and O–H groups in total. The van der Waals surface area contributed by atoms with Gasteiger partial charge in [0.25, 0.3) is 11.8 Å². The average Bonchev–Trinajstić information content (AvgIpc) is 3.17. The van der Waals surface area contributed by atoms with Gasteiger partial charge in [0.15, 0.2) is 0 Å². The quantitative estimate of drug-likeness (QED) is 0.455. The van der Waals surface area contributed by atoms with Crippen LogP contribution < -0.4 is 16.4 Å². The van der Waals surface area contributed by atoms with Gasteiger partial charge in [-0.3, -0.25) is 19.7 Å². The van der Waals surface area contributed by atoms with Crippen molar-refractivity contribution in [3.05, 3.63) is 18.0 Å². The van der Waals surface area contributed by atoms with Gasteiger partial charge in [0, 0.05) is 39.4 Å². The average molecular weight is 412 g/mol. The molecule has 0 spiro atoms. The first-order chi connectivity index (χ1) is 13.1. The highest BCUT2D eigenvalue weighted by Gasteiger charge is 2.35. The number of urea groups is 1. The summed E-state index contributed by atoms with van der Waals surface area (Å²) < 4.78 is 28.1. The number of carbonyl (C=O) groups is 4. The number of imide groups is 1. The van der Waals surface area contributed by atoms with E-state index in [1.54, 1.807) is 0 Å². The van der Waals surface area contributed by atoms with Gasteiger partial charge in [0.2, 0.25) is 15.9 Å². The van der Waals surface area contributed by atoms with Crippen LogP contribution in [-0.4, -0.2) is 78.2 Å². The number of nitrogens with two attached hydrogens (primary N) is 1. The lowest BCUT2D eigenvalue weighted by molar-refractivity contribution is -0.134. The first kappa shape index (κ1) is 19.8. The van der Waals surface area contributed by atoms with Crippen molar-refractivity contribution in [1.82, 2.24) is 24.4 Å². The molecule has 28 heavy (non-hydrogen) atoms. The van der Waals surface area contributed by atoms with E-state index in [0.29, 0.717) is 0 Å². The highest BCUT2D eigenvalue weighted by atomic mass is 32.2. The zero-order valence-electron chi connectivity index (χ0n) is 15.0. The standard InChI is InChI=1S/C15H20N6O6S/c1-19-8-9(6-11(19)13(16)23)28(26,27)21-4-2-20(3-5-21)12(22)7-10-14(24)18-15(25)17-10/h6,8,10H,2-5,7H2,1H3,(H2,16,23)(H2,17,18,24,25)/t10-/m0/s1. The maximum absolute atomic E-state index is 12.8. The summed E-state index contributed by atoms with van der Waals surface area (Å²) in [6.45, 7) is 0.432. The Kier molecular flexibility index (Phi) is 5.12. The van der Waals surface area contributed by atoms with E-state index in [9.17, 15) is 27.6 Å². The Hall–Kier alpha value is -2.93. The lowest BCUT2D eigenvalue weighted by atomic mass is 10.2. The molecule has 0 aliphatic carbocycles. The number of nitrogens with one attached hydrogen (secondary N) is 2. The molecule has 2 fully saturated rings. The Bertz CT molecular complexity index is 946. The minimum atomic E-state index is -3.84. The molecule has 2 saturated heterocycles. The fourth-order valence-corrected chi connectivity index (χ4v) is 4.65. The van der Waals surface area contributed by atoms with Crippen molar-refractivity contribution in [2.24, 2.45) is 12.8 Å². The molecule has 0 radical (unpaired) electrons. The molecule has 3 rings (SSSR count). The maximum atomic E-state index is 12.8. The van der Waals surface area contributed by atoms with Crippen molar-refractivity contribution in [2.75, 3.05) is 26.2 Å². The Balaban J connectivity index is 1.62. The molecule has 1 aromatic heterocycles. The molecular weight excluding hydrogens is 392 g/mol. The number of hydrogen-bond acceptors (Lipinski definition) is 6. The highest BCUT2D eigenvalue weighted by Crippen LogP contribution is 2.20. The molecule has 1 aromatic rings. The van der Waals surface area contributed by atoms with Gasteiger partial charge in [-0.25, -0.2) is 13.2 Å². The van der Waals surface area contributed by atoms with Crippen molar-refractivity contribution < 1.29 is 27.6 Å². The molecule has 0 unspecified atom stereocenters. The van der Waals surface area contributed by atoms with Crippen LogP contribution in [0, 0.1) is 0 Å². The summed E-state index contributed by atoms with van der Waals surface area (Å²) in [5.41, 5.74) is 5.29. The van der Waals surface area contributed by atoms with Gasteiger partial charge >= 0.3 is 6.03 Å². The molecule has 12 nitrogen and oxygen atoms in total. The Morgan fingerprint density at radius 2 is 1.86 bits per heavy atom. The third kappa shape index (κ3) is 3.71. The number of primary amides is 1. The number of hydrogen-bond donors (Lipinski definition) is 3. The highest BCUT2D eigenvalue weighted by molar-refractivity contribution is 7.89. The molecule has 0 saturated carbocycles. The van der Waals surface area contributed by atoms with E-state index in [0.717, 1.165) is 0 Å². The molecular formula is C15H20N6O6S. The van der Waals surface area contributed by atoms with Gasteiger partial charge in [0.1, 0.15) is 16.6 Å². The predicted molar refractivity (Wildman–Crippen MR) is 94.3 cm³/mol. The van der Waals surface area contributed by atoms with Crippen LogP contribution in [0.2, 0.25) is 0 Å². The largest absolute Gasteiger partial charge is 0.364 e. The fourth-order valence-electron chi connectivity index (χ4n) is 3.15. The van der Waals surface area contributed by atoms with Crippen LogP contribution >= 0.6 is 0 Å². The van der Waals surface area contributed by atoms with Crippen molar-refractivity contribution in [3.8, 4) is 0 Å². The van der Waals surface area contributed by atoms with Crippen LogP contribution in [0.4, 0.5) is 4.79 Å². The van der Waals surface area contributed by atoms with Crippen molar-refractivity contribution in [1.29, 1.82) is 0 Å². The minimum Gasteiger partial charge on any atom is -0.364 e. The van der Waals surface area contributed by atoms with E-state index in [1.807, 2.05) is 0 Å². The van der Waals surface area contributed by atoms with Crippen LogP contribution in [0.3, 0.4) is 0 Å². The second-order valence-electron chi connectivity index (χ2n) is 6.54. The summed E-state index contributed by atoms with van der Waals surface area (Å²) in [6.07, 6.45) is 1.12. The molecule has 1 atom stereocenters. The lowest BCUT2D eigenvalue weighted by Gasteiger charge is -2.34. The number of piperazine rings is 1. The normalized spacial score (nSPS) is 20.8. The Labute approximate surface area is 160 Å².